The number of aromatic nitrogens is 4. The second kappa shape index (κ2) is 18.9. The SMILES string of the molecule is CC(=O)CBr.CC(=O)CN(C)C=O.CC(=O)c1c[nH]c(=S)n1C.CCSc1ncc(C(C)=O)n1C. The van der Waals surface area contributed by atoms with Crippen LogP contribution in [-0.4, -0.2) is 78.2 Å². The van der Waals surface area contributed by atoms with E-state index in [9.17, 15) is 24.0 Å². The van der Waals surface area contributed by atoms with Crippen LogP contribution < -0.4 is 0 Å². The van der Waals surface area contributed by atoms with Crippen molar-refractivity contribution in [3.05, 3.63) is 28.6 Å². The second-order valence-electron chi connectivity index (χ2n) is 7.13. The van der Waals surface area contributed by atoms with Crippen LogP contribution in [0.1, 0.15) is 55.6 Å². The Bertz CT molecular complexity index is 1050. The molecule has 0 aliphatic rings. The van der Waals surface area contributed by atoms with E-state index in [0.29, 0.717) is 27.9 Å². The average molecular weight is 593 g/mol. The standard InChI is InChI=1S/C8H12N2OS.C6H8N2OS.C5H9NO2.C3H5BrO/c1-4-12-8-9-5-7(6(2)11)10(8)3;1-4(9)5-3-7-6(10)8(5)2;1-5(8)3-6(2)4-7;1-3(5)2-4/h5H,4H2,1-3H3;3H,1-2H3,(H,7,10);4H,3H2,1-2H3;2H2,1H3. The van der Waals surface area contributed by atoms with Crippen LogP contribution in [0.25, 0.3) is 0 Å². The van der Waals surface area contributed by atoms with E-state index in [0.717, 1.165) is 10.9 Å². The molecule has 0 aromatic carbocycles. The van der Waals surface area contributed by atoms with Gasteiger partial charge in [-0.1, -0.05) is 34.6 Å². The quantitative estimate of drug-likeness (QED) is 0.162. The number of ketones is 4. The van der Waals surface area contributed by atoms with Crippen LogP contribution >= 0.6 is 39.9 Å². The van der Waals surface area contributed by atoms with Crippen molar-refractivity contribution in [2.75, 3.05) is 24.7 Å². The monoisotopic (exact) mass is 591 g/mol. The largest absolute Gasteiger partial charge is 0.341 e. The molecule has 196 valence electrons. The first-order valence-electron chi connectivity index (χ1n) is 10.3. The summed E-state index contributed by atoms with van der Waals surface area (Å²) in [6, 6.07) is 0. The van der Waals surface area contributed by atoms with E-state index >= 15 is 0 Å². The molecule has 0 radical (unpaired) electrons. The zero-order valence-corrected chi connectivity index (χ0v) is 24.6. The second-order valence-corrected chi connectivity index (χ2v) is 9.31. The van der Waals surface area contributed by atoms with Crippen LogP contribution in [0.2, 0.25) is 0 Å². The van der Waals surface area contributed by atoms with Crippen LogP contribution in [0.5, 0.6) is 0 Å². The minimum atomic E-state index is -0.000370. The summed E-state index contributed by atoms with van der Waals surface area (Å²) in [6.07, 6.45) is 3.87. The third-order valence-electron chi connectivity index (χ3n) is 3.78. The zero-order chi connectivity index (χ0) is 27.7. The maximum Gasteiger partial charge on any atom is 0.209 e. The lowest BCUT2D eigenvalue weighted by atomic mass is 10.3. The van der Waals surface area contributed by atoms with Gasteiger partial charge in [-0.3, -0.25) is 24.0 Å². The highest BCUT2D eigenvalue weighted by Crippen LogP contribution is 2.16. The molecular formula is C22H34BrN5O5S2. The Kier molecular flexibility index (Phi) is 18.8. The van der Waals surface area contributed by atoms with E-state index < -0.39 is 0 Å². The predicted molar refractivity (Wildman–Crippen MR) is 144 cm³/mol. The third kappa shape index (κ3) is 15.3. The van der Waals surface area contributed by atoms with Crippen molar-refractivity contribution in [2.24, 2.45) is 14.1 Å². The molecule has 2 aromatic rings. The zero-order valence-electron chi connectivity index (χ0n) is 21.4. The molecule has 13 heteroatoms. The summed E-state index contributed by atoms with van der Waals surface area (Å²) in [4.78, 5) is 59.8. The first-order chi connectivity index (χ1) is 16.2. The summed E-state index contributed by atoms with van der Waals surface area (Å²) in [6.45, 7) is 8.32. The number of alkyl halides is 1. The van der Waals surface area contributed by atoms with Crippen molar-refractivity contribution in [1.29, 1.82) is 0 Å². The summed E-state index contributed by atoms with van der Waals surface area (Å²) >= 11 is 9.45. The Hall–Kier alpha value is -2.38. The number of aromatic amines is 1. The molecule has 2 heterocycles. The Balaban J connectivity index is 0. The molecule has 35 heavy (non-hydrogen) atoms. The van der Waals surface area contributed by atoms with Gasteiger partial charge in [-0.15, -0.1) is 0 Å². The van der Waals surface area contributed by atoms with Crippen molar-refractivity contribution in [3.8, 4) is 0 Å². The van der Waals surface area contributed by atoms with Gasteiger partial charge in [0.05, 0.1) is 18.1 Å². The number of carbonyl (C=O) groups is 5. The van der Waals surface area contributed by atoms with Gasteiger partial charge in [-0.25, -0.2) is 4.98 Å². The highest BCUT2D eigenvalue weighted by Gasteiger charge is 2.09. The first kappa shape index (κ1) is 34.8. The van der Waals surface area contributed by atoms with Gasteiger partial charge >= 0.3 is 0 Å². The highest BCUT2D eigenvalue weighted by atomic mass is 79.9. The van der Waals surface area contributed by atoms with Gasteiger partial charge in [0.2, 0.25) is 6.41 Å². The summed E-state index contributed by atoms with van der Waals surface area (Å²) in [5, 5.41) is 1.38. The number of likely N-dealkylation sites (N-methyl/N-ethyl adjacent to an activating group) is 1. The van der Waals surface area contributed by atoms with Gasteiger partial charge in [0.25, 0.3) is 0 Å². The normalized spacial score (nSPS) is 9.29. The van der Waals surface area contributed by atoms with Crippen LogP contribution in [-0.2, 0) is 28.5 Å². The summed E-state index contributed by atoms with van der Waals surface area (Å²) in [5.41, 5.74) is 1.29. The number of amides is 1. The van der Waals surface area contributed by atoms with E-state index in [1.165, 1.54) is 25.7 Å². The predicted octanol–water partition coefficient (Wildman–Crippen LogP) is 3.65. The average Bonchev–Trinajstić information content (AvgIpc) is 3.31. The molecule has 0 fully saturated rings. The number of Topliss-reactive ketones (excluding diaryl/α,β-unsaturated/α-hetero) is 4. The fourth-order valence-electron chi connectivity index (χ4n) is 2.14. The number of nitrogens with zero attached hydrogens (tertiary/aromatic N) is 4. The van der Waals surface area contributed by atoms with Crippen molar-refractivity contribution >= 4 is 69.5 Å². The molecule has 1 N–H and O–H groups in total. The van der Waals surface area contributed by atoms with E-state index in [-0.39, 0.29) is 29.7 Å². The van der Waals surface area contributed by atoms with Gasteiger partial charge in [-0.2, -0.15) is 0 Å². The number of nitrogens with one attached hydrogen (secondary N) is 1. The number of H-pyrrole nitrogens is 1. The number of imidazole rings is 2. The Morgan fingerprint density at radius 1 is 1.09 bits per heavy atom. The smallest absolute Gasteiger partial charge is 0.209 e. The lowest BCUT2D eigenvalue weighted by molar-refractivity contribution is -0.124. The maximum absolute atomic E-state index is 11.0. The van der Waals surface area contributed by atoms with Crippen LogP contribution in [0, 0.1) is 4.77 Å². The highest BCUT2D eigenvalue weighted by molar-refractivity contribution is 9.09. The molecule has 0 aliphatic carbocycles. The number of carbonyl (C=O) groups excluding carboxylic acids is 5. The minimum Gasteiger partial charge on any atom is -0.341 e. The molecule has 10 nitrogen and oxygen atoms in total. The number of hydrogen-bond acceptors (Lipinski definition) is 8. The van der Waals surface area contributed by atoms with Gasteiger partial charge in [0.1, 0.15) is 23.0 Å². The lowest BCUT2D eigenvalue weighted by Crippen LogP contribution is -2.22. The fraction of sp³-hybridized carbons (Fsp3) is 0.500. The Morgan fingerprint density at radius 2 is 1.60 bits per heavy atom. The Labute approximate surface area is 224 Å². The molecule has 2 rings (SSSR count). The minimum absolute atomic E-state index is 0.000370. The Morgan fingerprint density at radius 3 is 1.83 bits per heavy atom. The van der Waals surface area contributed by atoms with Crippen LogP contribution in [0.4, 0.5) is 0 Å². The molecule has 0 bridgehead atoms. The molecule has 0 aliphatic heterocycles. The molecule has 0 spiro atoms. The summed E-state index contributed by atoms with van der Waals surface area (Å²) in [7, 11) is 5.19. The molecular weight excluding hydrogens is 558 g/mol. The van der Waals surface area contributed by atoms with Gasteiger partial charge in [0.15, 0.2) is 21.5 Å². The third-order valence-corrected chi connectivity index (χ3v) is 5.89. The number of rotatable bonds is 8. The number of halogens is 1. The van der Waals surface area contributed by atoms with Crippen molar-refractivity contribution in [1.82, 2.24) is 24.0 Å². The van der Waals surface area contributed by atoms with Gasteiger partial charge in [-0.05, 0) is 31.8 Å². The summed E-state index contributed by atoms with van der Waals surface area (Å²) in [5.74, 6) is 1.23. The maximum atomic E-state index is 11.0. The van der Waals surface area contributed by atoms with Crippen LogP contribution in [0.3, 0.4) is 0 Å². The van der Waals surface area contributed by atoms with Crippen molar-refractivity contribution in [3.63, 3.8) is 0 Å². The van der Waals surface area contributed by atoms with Gasteiger partial charge < -0.3 is 19.0 Å². The van der Waals surface area contributed by atoms with Crippen molar-refractivity contribution < 1.29 is 24.0 Å². The van der Waals surface area contributed by atoms with E-state index in [1.54, 1.807) is 49.7 Å². The number of thioether (sulfide) groups is 1. The fourth-order valence-corrected chi connectivity index (χ4v) is 2.98. The first-order valence-corrected chi connectivity index (χ1v) is 12.9. The molecule has 0 saturated heterocycles. The van der Waals surface area contributed by atoms with Crippen LogP contribution in [0.15, 0.2) is 17.6 Å². The lowest BCUT2D eigenvalue weighted by Gasteiger charge is -2.04. The molecule has 1 amide bonds. The topological polar surface area (TPSA) is 127 Å². The molecule has 0 atom stereocenters. The van der Waals surface area contributed by atoms with Gasteiger partial charge in [0, 0.05) is 41.2 Å². The van der Waals surface area contributed by atoms with E-state index in [2.05, 4.69) is 32.8 Å². The number of hydrogen-bond donors (Lipinski definition) is 1. The van der Waals surface area contributed by atoms with E-state index in [4.69, 9.17) is 12.2 Å². The molecule has 0 unspecified atom stereocenters. The summed E-state index contributed by atoms with van der Waals surface area (Å²) < 4.78 is 4.05. The van der Waals surface area contributed by atoms with Crippen molar-refractivity contribution in [2.45, 2.75) is 39.8 Å². The molecule has 0 saturated carbocycles. The van der Waals surface area contributed by atoms with E-state index in [1.807, 2.05) is 11.6 Å². The molecule has 2 aromatic heterocycles.